The van der Waals surface area contributed by atoms with Crippen LogP contribution < -0.4 is 10.6 Å². The second-order valence-corrected chi connectivity index (χ2v) is 19.1. The topological polar surface area (TPSA) is 192 Å². The summed E-state index contributed by atoms with van der Waals surface area (Å²) in [6, 6.07) is 3.91. The van der Waals surface area contributed by atoms with Gasteiger partial charge in [-0.15, -0.1) is 0 Å². The lowest BCUT2D eigenvalue weighted by Crippen LogP contribution is -2.61. The van der Waals surface area contributed by atoms with Crippen LogP contribution in [0.5, 0.6) is 0 Å². The van der Waals surface area contributed by atoms with Crippen molar-refractivity contribution >= 4 is 47.4 Å². The second-order valence-electron chi connectivity index (χ2n) is 19.1. The first-order valence-electron chi connectivity index (χ1n) is 23.0. The molecular formula is C47H70N6O10. The molecule has 2 N–H and O–H groups in total. The van der Waals surface area contributed by atoms with Crippen LogP contribution in [0.1, 0.15) is 106 Å². The summed E-state index contributed by atoms with van der Waals surface area (Å²) < 4.78 is 11.6. The largest absolute Gasteiger partial charge is 0.452 e. The monoisotopic (exact) mass is 879 g/mol. The predicted octanol–water partition coefficient (Wildman–Crippen LogP) is 3.10. The molecule has 16 nitrogen and oxygen atoms in total. The number of carbonyl (C=O) groups excluding carboxylic acids is 8. The molecule has 0 aromatic heterocycles. The summed E-state index contributed by atoms with van der Waals surface area (Å²) in [6.45, 7) is 16.4. The molecule has 0 bridgehead atoms. The summed E-state index contributed by atoms with van der Waals surface area (Å²) >= 11 is 0. The minimum Gasteiger partial charge on any atom is -0.452 e. The Labute approximate surface area is 372 Å². The smallest absolute Gasteiger partial charge is 0.329 e. The van der Waals surface area contributed by atoms with Gasteiger partial charge in [0.05, 0.1) is 5.92 Å². The first-order valence-corrected chi connectivity index (χ1v) is 23.0. The zero-order valence-corrected chi connectivity index (χ0v) is 38.8. The van der Waals surface area contributed by atoms with Crippen molar-refractivity contribution in [3.05, 3.63) is 35.9 Å². The highest BCUT2D eigenvalue weighted by molar-refractivity contribution is 5.97. The van der Waals surface area contributed by atoms with Crippen LogP contribution >= 0.6 is 0 Å². The number of amides is 6. The van der Waals surface area contributed by atoms with Crippen molar-refractivity contribution in [2.75, 3.05) is 26.7 Å². The number of nitrogens with zero attached hydrogens (tertiary/aromatic N) is 4. The maximum Gasteiger partial charge on any atom is 0.329 e. The van der Waals surface area contributed by atoms with Gasteiger partial charge in [-0.25, -0.2) is 4.79 Å². The van der Waals surface area contributed by atoms with Crippen LogP contribution in [0.4, 0.5) is 0 Å². The molecule has 4 aliphatic rings. The highest BCUT2D eigenvalue weighted by atomic mass is 16.6. The third kappa shape index (κ3) is 11.0. The zero-order valence-electron chi connectivity index (χ0n) is 38.8. The number of ether oxygens (including phenoxy) is 2. The Morgan fingerprint density at radius 3 is 1.67 bits per heavy atom. The molecule has 5 rings (SSSR count). The molecule has 1 aromatic carbocycles. The Bertz CT molecular complexity index is 1860. The van der Waals surface area contributed by atoms with Gasteiger partial charge in [0, 0.05) is 32.7 Å². The van der Waals surface area contributed by atoms with Crippen LogP contribution in [0.2, 0.25) is 0 Å². The Kier molecular flexibility index (Phi) is 16.4. The number of cyclic esters (lactones) is 2. The second kappa shape index (κ2) is 21.1. The van der Waals surface area contributed by atoms with Gasteiger partial charge in [0.25, 0.3) is 11.8 Å². The van der Waals surface area contributed by atoms with Crippen LogP contribution in [0.25, 0.3) is 0 Å². The standard InChI is InChI=1S/C47H70N6O10/c1-26(2)36-30(8)46(60)62-31(9)42(56)53-24-16-21-35(53)47(61)63-39(28(5)6)45(59)50(10)38(27(3)4)44(58)52-23-15-20-34(52)41(55)49-37(29(7)25-32-17-12-11-13-18-32)43(57)51-22-14-19-33(51)40(54)48-36/h11-13,17-18,26-31,33-39H,14-16,19-25H2,1-10H3,(H,48,54)(H,49,55)/t29-,30-,31+,33+,34+,35+,36-,37+,38-,39-/m1/s1. The molecule has 0 radical (unpaired) electrons. The molecule has 0 aliphatic carbocycles. The van der Waals surface area contributed by atoms with E-state index in [0.717, 1.165) is 5.56 Å². The summed E-state index contributed by atoms with van der Waals surface area (Å²) in [6.07, 6.45) is 0.372. The zero-order chi connectivity index (χ0) is 46.4. The van der Waals surface area contributed by atoms with Crippen LogP contribution in [-0.2, 0) is 54.3 Å². The molecule has 6 amide bonds. The van der Waals surface area contributed by atoms with Crippen molar-refractivity contribution in [1.29, 1.82) is 0 Å². The maximum absolute atomic E-state index is 14.8. The lowest BCUT2D eigenvalue weighted by Gasteiger charge is -2.38. The van der Waals surface area contributed by atoms with Crippen LogP contribution in [0.3, 0.4) is 0 Å². The van der Waals surface area contributed by atoms with Gasteiger partial charge in [-0.3, -0.25) is 33.6 Å². The molecule has 4 fully saturated rings. The van der Waals surface area contributed by atoms with E-state index in [1.165, 1.54) is 33.6 Å². The number of hydrogen-bond donors (Lipinski definition) is 2. The van der Waals surface area contributed by atoms with Gasteiger partial charge in [0.2, 0.25) is 23.6 Å². The molecule has 4 heterocycles. The lowest BCUT2D eigenvalue weighted by atomic mass is 9.91. The van der Waals surface area contributed by atoms with Crippen LogP contribution in [-0.4, -0.2) is 142 Å². The average molecular weight is 879 g/mol. The molecule has 0 saturated carbocycles. The highest BCUT2D eigenvalue weighted by Gasteiger charge is 2.47. The normalized spacial score (nSPS) is 30.7. The molecule has 1 aromatic rings. The van der Waals surface area contributed by atoms with E-state index in [2.05, 4.69) is 10.6 Å². The Hall–Kier alpha value is -5.02. The Morgan fingerprint density at radius 2 is 1.13 bits per heavy atom. The number of esters is 2. The number of carbonyl (C=O) groups is 8. The predicted molar refractivity (Wildman–Crippen MR) is 233 cm³/mol. The summed E-state index contributed by atoms with van der Waals surface area (Å²) in [7, 11) is 1.49. The van der Waals surface area contributed by atoms with Crippen molar-refractivity contribution < 1.29 is 47.8 Å². The lowest BCUT2D eigenvalue weighted by molar-refractivity contribution is -0.172. The fourth-order valence-electron chi connectivity index (χ4n) is 9.78. The molecule has 0 unspecified atom stereocenters. The van der Waals surface area contributed by atoms with E-state index in [9.17, 15) is 38.4 Å². The number of likely N-dealkylation sites (N-methyl/N-ethyl adjacent to an activating group) is 1. The van der Waals surface area contributed by atoms with Crippen molar-refractivity contribution in [3.8, 4) is 0 Å². The van der Waals surface area contributed by atoms with Crippen LogP contribution in [0, 0.1) is 29.6 Å². The molecule has 63 heavy (non-hydrogen) atoms. The molecule has 4 aliphatic heterocycles. The first-order chi connectivity index (χ1) is 29.7. The molecule has 10 atom stereocenters. The number of benzene rings is 1. The average Bonchev–Trinajstić information content (AvgIpc) is 4.04. The summed E-state index contributed by atoms with van der Waals surface area (Å²) in [5.41, 5.74) is 0.954. The van der Waals surface area contributed by atoms with Gasteiger partial charge < -0.3 is 39.7 Å². The van der Waals surface area contributed by atoms with Gasteiger partial charge in [0.15, 0.2) is 12.2 Å². The molecule has 348 valence electrons. The van der Waals surface area contributed by atoms with Crippen molar-refractivity contribution in [2.24, 2.45) is 29.6 Å². The molecule has 4 saturated heterocycles. The SMILES string of the molecule is CC(C)[C@H]1NC(=O)[C@@H]2CCCN2C(=O)[C@H]([C@H](C)Cc2ccccc2)NC(=O)[C@@H]2CCCN2C(=O)[C@@H](C(C)C)N(C)C(=O)[C@@H](C(C)C)OC(=O)[C@@H]2CCCN2C(=O)[C@H](C)OC(=O)[C@@H]1C. The number of fused-ring (bicyclic) bond motifs is 3. The van der Waals surface area contributed by atoms with Crippen molar-refractivity contribution in [3.63, 3.8) is 0 Å². The van der Waals surface area contributed by atoms with Gasteiger partial charge in [0.1, 0.15) is 30.2 Å². The van der Waals surface area contributed by atoms with E-state index >= 15 is 0 Å². The van der Waals surface area contributed by atoms with Gasteiger partial charge >= 0.3 is 11.9 Å². The third-order valence-corrected chi connectivity index (χ3v) is 13.3. The maximum atomic E-state index is 14.8. The summed E-state index contributed by atoms with van der Waals surface area (Å²) in [4.78, 5) is 120. The highest BCUT2D eigenvalue weighted by Crippen LogP contribution is 2.29. The fraction of sp³-hybridized carbons (Fsp3) is 0.702. The molecular weight excluding hydrogens is 809 g/mol. The van der Waals surface area contributed by atoms with Gasteiger partial charge in [-0.1, -0.05) is 78.8 Å². The van der Waals surface area contributed by atoms with Gasteiger partial charge in [-0.05, 0) is 88.0 Å². The molecule has 0 spiro atoms. The Morgan fingerprint density at radius 1 is 0.603 bits per heavy atom. The van der Waals surface area contributed by atoms with E-state index in [4.69, 9.17) is 9.47 Å². The van der Waals surface area contributed by atoms with E-state index in [0.29, 0.717) is 38.5 Å². The molecule has 16 heteroatoms. The Balaban J connectivity index is 1.54. The van der Waals surface area contributed by atoms with Crippen molar-refractivity contribution in [2.45, 2.75) is 156 Å². The summed E-state index contributed by atoms with van der Waals surface area (Å²) in [5.74, 6) is -7.03. The fourth-order valence-corrected chi connectivity index (χ4v) is 9.78. The van der Waals surface area contributed by atoms with E-state index in [1.54, 1.807) is 34.6 Å². The van der Waals surface area contributed by atoms with E-state index in [-0.39, 0.29) is 32.0 Å². The number of nitrogens with one attached hydrogen (secondary N) is 2. The summed E-state index contributed by atoms with van der Waals surface area (Å²) in [5, 5.41) is 6.05. The first kappa shape index (κ1) is 49.0. The minimum absolute atomic E-state index is 0.206. The number of rotatable bonds is 6. The minimum atomic E-state index is -1.30. The van der Waals surface area contributed by atoms with Crippen molar-refractivity contribution in [1.82, 2.24) is 30.2 Å². The third-order valence-electron chi connectivity index (χ3n) is 13.3. The van der Waals surface area contributed by atoms with E-state index in [1.807, 2.05) is 51.1 Å². The quantitative estimate of drug-likeness (QED) is 0.402. The van der Waals surface area contributed by atoms with Crippen LogP contribution in [0.15, 0.2) is 30.3 Å². The van der Waals surface area contributed by atoms with Gasteiger partial charge in [-0.2, -0.15) is 0 Å². The van der Waals surface area contributed by atoms with E-state index < -0.39 is 120 Å². The number of hydrogen-bond acceptors (Lipinski definition) is 10.